The van der Waals surface area contributed by atoms with E-state index in [0.29, 0.717) is 5.88 Å². The van der Waals surface area contributed by atoms with Crippen molar-refractivity contribution < 1.29 is 0 Å². The van der Waals surface area contributed by atoms with Gasteiger partial charge in [0.25, 0.3) is 0 Å². The molecule has 3 heteroatoms. The molecule has 0 bridgehead atoms. The van der Waals surface area contributed by atoms with Crippen molar-refractivity contribution in [3.8, 4) is 0 Å². The summed E-state index contributed by atoms with van der Waals surface area (Å²) in [6, 6.07) is 10.6. The number of hydrogen-bond donors (Lipinski definition) is 1. The van der Waals surface area contributed by atoms with E-state index >= 15 is 0 Å². The van der Waals surface area contributed by atoms with Gasteiger partial charge in [-0.05, 0) is 39.2 Å². The molecule has 1 N–H and O–H groups in total. The first-order valence-corrected chi connectivity index (χ1v) is 6.26. The van der Waals surface area contributed by atoms with Gasteiger partial charge in [0.2, 0.25) is 0 Å². The highest BCUT2D eigenvalue weighted by atomic mass is 35.5. The molecular weight excluding hydrogens is 220 g/mol. The van der Waals surface area contributed by atoms with Crippen molar-refractivity contribution in [2.45, 2.75) is 12.5 Å². The third kappa shape index (κ3) is 4.97. The molecule has 2 nitrogen and oxygen atoms in total. The summed E-state index contributed by atoms with van der Waals surface area (Å²) in [5.74, 6) is 0.617. The fourth-order valence-electron chi connectivity index (χ4n) is 1.62. The Balaban J connectivity index is 2.33. The number of nitrogens with zero attached hydrogens (tertiary/aromatic N) is 1. The number of hydrogen-bond acceptors (Lipinski definition) is 2. The summed E-state index contributed by atoms with van der Waals surface area (Å²) in [5.41, 5.74) is 1.27. The van der Waals surface area contributed by atoms with Crippen LogP contribution in [0.4, 0.5) is 0 Å². The zero-order chi connectivity index (χ0) is 11.8. The Hall–Kier alpha value is -0.570. The van der Waals surface area contributed by atoms with Crippen molar-refractivity contribution in [2.75, 3.05) is 33.1 Å². The highest BCUT2D eigenvalue weighted by Crippen LogP contribution is 2.13. The van der Waals surface area contributed by atoms with Gasteiger partial charge in [-0.2, -0.15) is 0 Å². The van der Waals surface area contributed by atoms with Crippen LogP contribution >= 0.6 is 11.6 Å². The SMILES string of the molecule is CN(C)CCCNC(CCl)c1ccccc1. The van der Waals surface area contributed by atoms with Crippen molar-refractivity contribution in [1.29, 1.82) is 0 Å². The lowest BCUT2D eigenvalue weighted by Gasteiger charge is -2.17. The van der Waals surface area contributed by atoms with Crippen LogP contribution in [0.1, 0.15) is 18.0 Å². The Morgan fingerprint density at radius 2 is 1.94 bits per heavy atom. The van der Waals surface area contributed by atoms with E-state index in [2.05, 4.69) is 48.6 Å². The third-order valence-corrected chi connectivity index (χ3v) is 2.84. The summed E-state index contributed by atoms with van der Waals surface area (Å²) in [6.45, 7) is 2.11. The van der Waals surface area contributed by atoms with Crippen molar-refractivity contribution >= 4 is 11.6 Å². The van der Waals surface area contributed by atoms with Gasteiger partial charge in [-0.15, -0.1) is 11.6 Å². The Kier molecular flexibility index (Phi) is 6.46. The molecule has 0 saturated carbocycles. The molecule has 0 saturated heterocycles. The van der Waals surface area contributed by atoms with Gasteiger partial charge >= 0.3 is 0 Å². The highest BCUT2D eigenvalue weighted by Gasteiger charge is 2.07. The molecule has 0 spiro atoms. The van der Waals surface area contributed by atoms with E-state index in [1.165, 1.54) is 5.56 Å². The summed E-state index contributed by atoms with van der Waals surface area (Å²) in [7, 11) is 4.19. The second-order valence-corrected chi connectivity index (χ2v) is 4.54. The van der Waals surface area contributed by atoms with Gasteiger partial charge in [0.1, 0.15) is 0 Å². The number of benzene rings is 1. The molecule has 1 atom stereocenters. The smallest absolute Gasteiger partial charge is 0.0457 e. The van der Waals surface area contributed by atoms with Crippen molar-refractivity contribution in [3.05, 3.63) is 35.9 Å². The van der Waals surface area contributed by atoms with Crippen LogP contribution in [0.15, 0.2) is 30.3 Å². The predicted molar refractivity (Wildman–Crippen MR) is 71.1 cm³/mol. The standard InChI is InChI=1S/C13H21ClN2/c1-16(2)10-6-9-15-13(11-14)12-7-4-3-5-8-12/h3-5,7-8,13,15H,6,9-11H2,1-2H3. The van der Waals surface area contributed by atoms with E-state index in [0.717, 1.165) is 19.5 Å². The highest BCUT2D eigenvalue weighted by molar-refractivity contribution is 6.18. The van der Waals surface area contributed by atoms with Crippen LogP contribution in [0.3, 0.4) is 0 Å². The number of alkyl halides is 1. The molecule has 0 heterocycles. The van der Waals surface area contributed by atoms with Gasteiger partial charge in [-0.1, -0.05) is 30.3 Å². The maximum Gasteiger partial charge on any atom is 0.0457 e. The molecule has 0 aromatic heterocycles. The predicted octanol–water partition coefficient (Wildman–Crippen LogP) is 2.51. The molecule has 0 radical (unpaired) electrons. The van der Waals surface area contributed by atoms with Gasteiger partial charge in [0, 0.05) is 11.9 Å². The maximum absolute atomic E-state index is 5.97. The fourth-order valence-corrected chi connectivity index (χ4v) is 1.91. The van der Waals surface area contributed by atoms with E-state index in [4.69, 9.17) is 11.6 Å². The Labute approximate surface area is 104 Å². The van der Waals surface area contributed by atoms with Crippen LogP contribution in [0, 0.1) is 0 Å². The second kappa shape index (κ2) is 7.66. The molecule has 0 fully saturated rings. The monoisotopic (exact) mass is 240 g/mol. The molecule has 0 amide bonds. The van der Waals surface area contributed by atoms with E-state index in [1.807, 2.05) is 6.07 Å². The maximum atomic E-state index is 5.97. The minimum absolute atomic E-state index is 0.269. The quantitative estimate of drug-likeness (QED) is 0.582. The van der Waals surface area contributed by atoms with Crippen molar-refractivity contribution in [1.82, 2.24) is 10.2 Å². The fraction of sp³-hybridized carbons (Fsp3) is 0.538. The minimum atomic E-state index is 0.269. The first-order chi connectivity index (χ1) is 7.74. The lowest BCUT2D eigenvalue weighted by molar-refractivity contribution is 0.389. The molecular formula is C13H21ClN2. The lowest BCUT2D eigenvalue weighted by atomic mass is 10.1. The van der Waals surface area contributed by atoms with Crippen LogP contribution in [0.5, 0.6) is 0 Å². The number of rotatable bonds is 7. The van der Waals surface area contributed by atoms with Crippen LogP contribution in [0.25, 0.3) is 0 Å². The first-order valence-electron chi connectivity index (χ1n) is 5.73. The Morgan fingerprint density at radius 1 is 1.25 bits per heavy atom. The molecule has 1 aromatic rings. The van der Waals surface area contributed by atoms with E-state index in [9.17, 15) is 0 Å². The summed E-state index contributed by atoms with van der Waals surface area (Å²) >= 11 is 5.97. The third-order valence-electron chi connectivity index (χ3n) is 2.53. The molecule has 1 unspecified atom stereocenters. The minimum Gasteiger partial charge on any atom is -0.309 e. The summed E-state index contributed by atoms with van der Waals surface area (Å²) in [6.07, 6.45) is 1.15. The van der Waals surface area contributed by atoms with Gasteiger partial charge in [0.05, 0.1) is 0 Å². The lowest BCUT2D eigenvalue weighted by Crippen LogP contribution is -2.26. The van der Waals surface area contributed by atoms with Crippen LogP contribution in [-0.2, 0) is 0 Å². The van der Waals surface area contributed by atoms with Gasteiger partial charge in [-0.3, -0.25) is 0 Å². The molecule has 0 aliphatic heterocycles. The molecule has 1 rings (SSSR count). The normalized spacial score (nSPS) is 13.0. The van der Waals surface area contributed by atoms with Crippen LogP contribution in [0.2, 0.25) is 0 Å². The summed E-state index contributed by atoms with van der Waals surface area (Å²) < 4.78 is 0. The van der Waals surface area contributed by atoms with Crippen LogP contribution in [-0.4, -0.2) is 38.0 Å². The van der Waals surface area contributed by atoms with Crippen molar-refractivity contribution in [2.24, 2.45) is 0 Å². The second-order valence-electron chi connectivity index (χ2n) is 4.23. The largest absolute Gasteiger partial charge is 0.309 e. The number of nitrogens with one attached hydrogen (secondary N) is 1. The van der Waals surface area contributed by atoms with E-state index in [-0.39, 0.29) is 6.04 Å². The molecule has 0 aliphatic rings. The molecule has 16 heavy (non-hydrogen) atoms. The zero-order valence-electron chi connectivity index (χ0n) is 10.1. The molecule has 1 aromatic carbocycles. The Bertz CT molecular complexity index is 275. The molecule has 0 aliphatic carbocycles. The Morgan fingerprint density at radius 3 is 2.50 bits per heavy atom. The average Bonchev–Trinajstić information content (AvgIpc) is 2.30. The van der Waals surface area contributed by atoms with Gasteiger partial charge in [0.15, 0.2) is 0 Å². The van der Waals surface area contributed by atoms with E-state index in [1.54, 1.807) is 0 Å². The van der Waals surface area contributed by atoms with Gasteiger partial charge < -0.3 is 10.2 Å². The van der Waals surface area contributed by atoms with Crippen molar-refractivity contribution in [3.63, 3.8) is 0 Å². The van der Waals surface area contributed by atoms with Gasteiger partial charge in [-0.25, -0.2) is 0 Å². The molecule has 90 valence electrons. The first kappa shape index (κ1) is 13.5. The average molecular weight is 241 g/mol. The zero-order valence-corrected chi connectivity index (χ0v) is 10.9. The summed E-state index contributed by atoms with van der Waals surface area (Å²) in [4.78, 5) is 2.19. The van der Waals surface area contributed by atoms with Crippen LogP contribution < -0.4 is 5.32 Å². The topological polar surface area (TPSA) is 15.3 Å². The van der Waals surface area contributed by atoms with E-state index < -0.39 is 0 Å². The number of halogens is 1. The summed E-state index contributed by atoms with van der Waals surface area (Å²) in [5, 5.41) is 3.48.